The van der Waals surface area contributed by atoms with Gasteiger partial charge in [0.25, 0.3) is 0 Å². The van der Waals surface area contributed by atoms with Crippen LogP contribution in [0.2, 0.25) is 0 Å². The van der Waals surface area contributed by atoms with E-state index in [1.54, 1.807) is 0 Å². The summed E-state index contributed by atoms with van der Waals surface area (Å²) in [6.45, 7) is 2.57. The van der Waals surface area contributed by atoms with Crippen LogP contribution in [-0.4, -0.2) is 22.4 Å². The lowest BCUT2D eigenvalue weighted by molar-refractivity contribution is 0.252. The SMILES string of the molecule is Cc1ccc(NC(=O)NCCc2cnn(-c3ccccc3)c2)cc1. The number of anilines is 1. The van der Waals surface area contributed by atoms with Crippen LogP contribution in [0.4, 0.5) is 10.5 Å². The van der Waals surface area contributed by atoms with E-state index in [4.69, 9.17) is 0 Å². The number of carbonyl (C=O) groups is 1. The number of benzene rings is 2. The van der Waals surface area contributed by atoms with Gasteiger partial charge in [0.2, 0.25) is 0 Å². The lowest BCUT2D eigenvalue weighted by Gasteiger charge is -2.07. The van der Waals surface area contributed by atoms with E-state index in [-0.39, 0.29) is 6.03 Å². The highest BCUT2D eigenvalue weighted by molar-refractivity contribution is 5.89. The highest BCUT2D eigenvalue weighted by atomic mass is 16.2. The second-order valence-corrected chi connectivity index (χ2v) is 5.63. The van der Waals surface area contributed by atoms with Gasteiger partial charge in [-0.3, -0.25) is 0 Å². The van der Waals surface area contributed by atoms with Gasteiger partial charge < -0.3 is 10.6 Å². The first-order valence-electron chi connectivity index (χ1n) is 7.91. The summed E-state index contributed by atoms with van der Waals surface area (Å²) < 4.78 is 1.84. The summed E-state index contributed by atoms with van der Waals surface area (Å²) in [7, 11) is 0. The van der Waals surface area contributed by atoms with Crippen molar-refractivity contribution < 1.29 is 4.79 Å². The Bertz CT molecular complexity index is 794. The number of para-hydroxylation sites is 1. The molecule has 0 spiro atoms. The molecule has 0 atom stereocenters. The van der Waals surface area contributed by atoms with E-state index in [9.17, 15) is 4.79 Å². The molecular formula is C19H20N4O. The molecule has 0 aliphatic heterocycles. The maximum absolute atomic E-state index is 11.9. The van der Waals surface area contributed by atoms with E-state index in [2.05, 4.69) is 15.7 Å². The Morgan fingerprint density at radius 3 is 2.58 bits per heavy atom. The van der Waals surface area contributed by atoms with Gasteiger partial charge in [0.15, 0.2) is 0 Å². The molecule has 0 bridgehead atoms. The predicted molar refractivity (Wildman–Crippen MR) is 95.5 cm³/mol. The number of nitrogens with zero attached hydrogens (tertiary/aromatic N) is 2. The Labute approximate surface area is 141 Å². The van der Waals surface area contributed by atoms with Crippen LogP contribution in [0.1, 0.15) is 11.1 Å². The summed E-state index contributed by atoms with van der Waals surface area (Å²) in [6.07, 6.45) is 4.54. The molecule has 0 saturated heterocycles. The number of amides is 2. The number of nitrogens with one attached hydrogen (secondary N) is 2. The fourth-order valence-electron chi connectivity index (χ4n) is 2.34. The van der Waals surface area contributed by atoms with Crippen LogP contribution in [0.3, 0.4) is 0 Å². The van der Waals surface area contributed by atoms with Crippen molar-refractivity contribution >= 4 is 11.7 Å². The quantitative estimate of drug-likeness (QED) is 0.755. The van der Waals surface area contributed by atoms with Crippen LogP contribution >= 0.6 is 0 Å². The molecule has 1 aromatic heterocycles. The fourth-order valence-corrected chi connectivity index (χ4v) is 2.34. The van der Waals surface area contributed by atoms with Crippen molar-refractivity contribution in [2.45, 2.75) is 13.3 Å². The van der Waals surface area contributed by atoms with Crippen LogP contribution in [0.15, 0.2) is 67.0 Å². The second-order valence-electron chi connectivity index (χ2n) is 5.63. The maximum Gasteiger partial charge on any atom is 0.319 e. The maximum atomic E-state index is 11.9. The van der Waals surface area contributed by atoms with Crippen LogP contribution in [0.5, 0.6) is 0 Å². The first-order valence-corrected chi connectivity index (χ1v) is 7.91. The molecule has 122 valence electrons. The molecule has 5 nitrogen and oxygen atoms in total. The number of aryl methyl sites for hydroxylation is 1. The molecule has 2 aromatic carbocycles. The number of hydrogen-bond donors (Lipinski definition) is 2. The molecule has 0 saturated carbocycles. The Hall–Kier alpha value is -3.08. The number of urea groups is 1. The molecule has 0 fully saturated rings. The molecular weight excluding hydrogens is 300 g/mol. The Morgan fingerprint density at radius 2 is 1.83 bits per heavy atom. The monoisotopic (exact) mass is 320 g/mol. The van der Waals surface area contributed by atoms with Crippen LogP contribution < -0.4 is 10.6 Å². The molecule has 1 heterocycles. The summed E-state index contributed by atoms with van der Waals surface area (Å²) in [5.41, 5.74) is 4.05. The zero-order valence-corrected chi connectivity index (χ0v) is 13.6. The third-order valence-electron chi connectivity index (χ3n) is 3.67. The van der Waals surface area contributed by atoms with E-state index in [1.807, 2.05) is 78.6 Å². The predicted octanol–water partition coefficient (Wildman–Crippen LogP) is 3.54. The highest BCUT2D eigenvalue weighted by Gasteiger charge is 2.03. The fraction of sp³-hybridized carbons (Fsp3) is 0.158. The summed E-state index contributed by atoms with van der Waals surface area (Å²) in [5, 5.41) is 10.0. The minimum absolute atomic E-state index is 0.200. The van der Waals surface area contributed by atoms with Crippen molar-refractivity contribution in [3.63, 3.8) is 0 Å². The normalized spacial score (nSPS) is 10.4. The molecule has 3 aromatic rings. The molecule has 5 heteroatoms. The Balaban J connectivity index is 1.47. The average Bonchev–Trinajstić information content (AvgIpc) is 3.07. The van der Waals surface area contributed by atoms with Crippen molar-refractivity contribution in [1.29, 1.82) is 0 Å². The molecule has 2 N–H and O–H groups in total. The lowest BCUT2D eigenvalue weighted by atomic mass is 10.2. The van der Waals surface area contributed by atoms with Crippen molar-refractivity contribution in [1.82, 2.24) is 15.1 Å². The molecule has 2 amide bonds. The molecule has 24 heavy (non-hydrogen) atoms. The summed E-state index contributed by atoms with van der Waals surface area (Å²) in [4.78, 5) is 11.9. The minimum Gasteiger partial charge on any atom is -0.338 e. The van der Waals surface area contributed by atoms with E-state index in [0.29, 0.717) is 6.54 Å². The standard InChI is InChI=1S/C19H20N4O/c1-15-7-9-17(10-8-15)22-19(24)20-12-11-16-13-21-23(14-16)18-5-3-2-4-6-18/h2-10,13-14H,11-12H2,1H3,(H2,20,22,24). The van der Waals surface area contributed by atoms with Crippen LogP contribution in [0, 0.1) is 6.92 Å². The van der Waals surface area contributed by atoms with Gasteiger partial charge in [-0.1, -0.05) is 35.9 Å². The van der Waals surface area contributed by atoms with Gasteiger partial charge in [0, 0.05) is 18.4 Å². The zero-order chi connectivity index (χ0) is 16.8. The van der Waals surface area contributed by atoms with E-state index in [1.165, 1.54) is 0 Å². The number of hydrogen-bond acceptors (Lipinski definition) is 2. The number of carbonyl (C=O) groups excluding carboxylic acids is 1. The van der Waals surface area contributed by atoms with Crippen molar-refractivity contribution in [2.24, 2.45) is 0 Å². The van der Waals surface area contributed by atoms with Gasteiger partial charge in [-0.15, -0.1) is 0 Å². The molecule has 0 unspecified atom stereocenters. The van der Waals surface area contributed by atoms with Gasteiger partial charge in [-0.05, 0) is 43.2 Å². The molecule has 0 aliphatic rings. The Kier molecular flexibility index (Phi) is 4.91. The van der Waals surface area contributed by atoms with E-state index < -0.39 is 0 Å². The van der Waals surface area contributed by atoms with Crippen molar-refractivity contribution in [3.8, 4) is 5.69 Å². The van der Waals surface area contributed by atoms with Gasteiger partial charge >= 0.3 is 6.03 Å². The smallest absolute Gasteiger partial charge is 0.319 e. The third kappa shape index (κ3) is 4.23. The van der Waals surface area contributed by atoms with Crippen molar-refractivity contribution in [2.75, 3.05) is 11.9 Å². The number of rotatable bonds is 5. The lowest BCUT2D eigenvalue weighted by Crippen LogP contribution is -2.30. The number of aromatic nitrogens is 2. The van der Waals surface area contributed by atoms with E-state index in [0.717, 1.165) is 28.9 Å². The van der Waals surface area contributed by atoms with Gasteiger partial charge in [0.05, 0.1) is 11.9 Å². The Morgan fingerprint density at radius 1 is 1.08 bits per heavy atom. The minimum atomic E-state index is -0.200. The topological polar surface area (TPSA) is 59.0 Å². The second kappa shape index (κ2) is 7.46. The first-order chi connectivity index (χ1) is 11.7. The zero-order valence-electron chi connectivity index (χ0n) is 13.6. The summed E-state index contributed by atoms with van der Waals surface area (Å²) in [5.74, 6) is 0. The average molecular weight is 320 g/mol. The van der Waals surface area contributed by atoms with Gasteiger partial charge in [-0.2, -0.15) is 5.10 Å². The van der Waals surface area contributed by atoms with Gasteiger partial charge in [0.1, 0.15) is 0 Å². The molecule has 3 rings (SSSR count). The highest BCUT2D eigenvalue weighted by Crippen LogP contribution is 2.09. The molecule has 0 aliphatic carbocycles. The van der Waals surface area contributed by atoms with E-state index >= 15 is 0 Å². The third-order valence-corrected chi connectivity index (χ3v) is 3.67. The van der Waals surface area contributed by atoms with Crippen LogP contribution in [0.25, 0.3) is 5.69 Å². The van der Waals surface area contributed by atoms with Crippen LogP contribution in [-0.2, 0) is 6.42 Å². The van der Waals surface area contributed by atoms with Crippen molar-refractivity contribution in [3.05, 3.63) is 78.1 Å². The first kappa shape index (κ1) is 15.8. The summed E-state index contributed by atoms with van der Waals surface area (Å²) >= 11 is 0. The largest absolute Gasteiger partial charge is 0.338 e. The summed E-state index contributed by atoms with van der Waals surface area (Å²) in [6, 6.07) is 17.5. The van der Waals surface area contributed by atoms with Gasteiger partial charge in [-0.25, -0.2) is 9.48 Å². The molecule has 0 radical (unpaired) electrons.